The molecule has 0 atom stereocenters. The molecule has 0 spiro atoms. The second-order valence-electron chi connectivity index (χ2n) is 4.61. The van der Waals surface area contributed by atoms with Crippen LogP contribution >= 0.6 is 0 Å². The molecule has 2 N–H and O–H groups in total. The smallest absolute Gasteiger partial charge is 0.325 e. The number of benzene rings is 1. The van der Waals surface area contributed by atoms with Gasteiger partial charge < -0.3 is 15.0 Å². The molecule has 0 aliphatic carbocycles. The standard InChI is InChI=1S/C15H20N2O2/c1-2-3-8-19-15(18)11-17-7-6-13-5-4-12(10-16)9-14(13)17/h4-7,9H,2-3,8,10-11,16H2,1H3. The number of fused-ring (bicyclic) bond motifs is 1. The third-order valence-electron chi connectivity index (χ3n) is 3.13. The van der Waals surface area contributed by atoms with Gasteiger partial charge in [0.15, 0.2) is 0 Å². The fourth-order valence-corrected chi connectivity index (χ4v) is 2.01. The summed E-state index contributed by atoms with van der Waals surface area (Å²) < 4.78 is 7.08. The lowest BCUT2D eigenvalue weighted by atomic mass is 10.1. The molecule has 4 nitrogen and oxygen atoms in total. The van der Waals surface area contributed by atoms with Crippen LogP contribution in [-0.4, -0.2) is 17.1 Å². The van der Waals surface area contributed by atoms with Crippen molar-refractivity contribution in [3.05, 3.63) is 36.0 Å². The van der Waals surface area contributed by atoms with Gasteiger partial charge in [0.1, 0.15) is 6.54 Å². The van der Waals surface area contributed by atoms with Crippen molar-refractivity contribution in [1.29, 1.82) is 0 Å². The zero-order chi connectivity index (χ0) is 13.7. The normalized spacial score (nSPS) is 10.8. The van der Waals surface area contributed by atoms with Gasteiger partial charge in [-0.25, -0.2) is 0 Å². The minimum absolute atomic E-state index is 0.191. The van der Waals surface area contributed by atoms with E-state index in [-0.39, 0.29) is 12.5 Å². The van der Waals surface area contributed by atoms with E-state index in [0.29, 0.717) is 13.2 Å². The molecule has 0 radical (unpaired) electrons. The lowest BCUT2D eigenvalue weighted by Crippen LogP contribution is -2.13. The molecule has 0 amide bonds. The lowest BCUT2D eigenvalue weighted by Gasteiger charge is -2.07. The second kappa shape index (κ2) is 6.38. The van der Waals surface area contributed by atoms with Crippen LogP contribution in [0.2, 0.25) is 0 Å². The first-order valence-corrected chi connectivity index (χ1v) is 6.68. The van der Waals surface area contributed by atoms with Gasteiger partial charge in [0.25, 0.3) is 0 Å². The molecule has 2 aromatic rings. The number of aromatic nitrogens is 1. The van der Waals surface area contributed by atoms with E-state index in [1.54, 1.807) is 0 Å². The number of carbonyl (C=O) groups excluding carboxylic acids is 1. The molecule has 1 aromatic carbocycles. The average Bonchev–Trinajstić information content (AvgIpc) is 2.81. The molecule has 4 heteroatoms. The Balaban J connectivity index is 2.09. The van der Waals surface area contributed by atoms with Crippen LogP contribution in [0.1, 0.15) is 25.3 Å². The number of unbranched alkanes of at least 4 members (excludes halogenated alkanes) is 1. The number of esters is 1. The molecule has 0 aliphatic heterocycles. The fourth-order valence-electron chi connectivity index (χ4n) is 2.01. The lowest BCUT2D eigenvalue weighted by molar-refractivity contribution is -0.144. The van der Waals surface area contributed by atoms with Crippen molar-refractivity contribution in [1.82, 2.24) is 4.57 Å². The van der Waals surface area contributed by atoms with E-state index in [1.165, 1.54) is 0 Å². The predicted molar refractivity (Wildman–Crippen MR) is 75.7 cm³/mol. The molecule has 0 unspecified atom stereocenters. The number of ether oxygens (including phenoxy) is 1. The van der Waals surface area contributed by atoms with Gasteiger partial charge in [0.2, 0.25) is 0 Å². The number of nitrogens with zero attached hydrogens (tertiary/aromatic N) is 1. The number of hydrogen-bond acceptors (Lipinski definition) is 3. The SMILES string of the molecule is CCCCOC(=O)Cn1ccc2ccc(CN)cc21. The van der Waals surface area contributed by atoms with E-state index < -0.39 is 0 Å². The molecule has 0 saturated carbocycles. The van der Waals surface area contributed by atoms with Gasteiger partial charge in [0.05, 0.1) is 6.61 Å². The van der Waals surface area contributed by atoms with Crippen LogP contribution in [0.25, 0.3) is 10.9 Å². The Hall–Kier alpha value is -1.81. The first-order valence-electron chi connectivity index (χ1n) is 6.68. The molecular weight excluding hydrogens is 240 g/mol. The monoisotopic (exact) mass is 260 g/mol. The summed E-state index contributed by atoms with van der Waals surface area (Å²) in [5, 5.41) is 1.11. The van der Waals surface area contributed by atoms with E-state index >= 15 is 0 Å². The Labute approximate surface area is 113 Å². The Morgan fingerprint density at radius 1 is 1.37 bits per heavy atom. The van der Waals surface area contributed by atoms with Crippen molar-refractivity contribution >= 4 is 16.9 Å². The second-order valence-corrected chi connectivity index (χ2v) is 4.61. The van der Waals surface area contributed by atoms with Crippen LogP contribution in [0.3, 0.4) is 0 Å². The zero-order valence-corrected chi connectivity index (χ0v) is 11.3. The molecule has 19 heavy (non-hydrogen) atoms. The third-order valence-corrected chi connectivity index (χ3v) is 3.13. The molecule has 102 valence electrons. The summed E-state index contributed by atoms with van der Waals surface area (Å²) in [6.45, 7) is 3.33. The van der Waals surface area contributed by atoms with E-state index in [0.717, 1.165) is 29.3 Å². The molecule has 0 bridgehead atoms. The van der Waals surface area contributed by atoms with Gasteiger partial charge >= 0.3 is 5.97 Å². The third kappa shape index (κ3) is 3.35. The molecule has 1 heterocycles. The van der Waals surface area contributed by atoms with E-state index in [9.17, 15) is 4.79 Å². The fraction of sp³-hybridized carbons (Fsp3) is 0.400. The van der Waals surface area contributed by atoms with Gasteiger partial charge in [-0.15, -0.1) is 0 Å². The van der Waals surface area contributed by atoms with E-state index in [4.69, 9.17) is 10.5 Å². The molecule has 0 fully saturated rings. The molecule has 0 saturated heterocycles. The number of rotatable bonds is 6. The van der Waals surface area contributed by atoms with E-state index in [1.807, 2.05) is 35.0 Å². The minimum Gasteiger partial charge on any atom is -0.464 e. The van der Waals surface area contributed by atoms with Crippen molar-refractivity contribution in [2.45, 2.75) is 32.9 Å². The Bertz CT molecular complexity index is 560. The Morgan fingerprint density at radius 2 is 2.21 bits per heavy atom. The van der Waals surface area contributed by atoms with Crippen LogP contribution in [0.5, 0.6) is 0 Å². The molecule has 2 rings (SSSR count). The summed E-state index contributed by atoms with van der Waals surface area (Å²) >= 11 is 0. The first kappa shape index (κ1) is 13.6. The van der Waals surface area contributed by atoms with Gasteiger partial charge in [-0.3, -0.25) is 4.79 Å². The summed E-state index contributed by atoms with van der Waals surface area (Å²) in [6, 6.07) is 8.05. The Morgan fingerprint density at radius 3 is 2.95 bits per heavy atom. The highest BCUT2D eigenvalue weighted by Gasteiger charge is 2.07. The van der Waals surface area contributed by atoms with Crippen molar-refractivity contribution in [3.8, 4) is 0 Å². The van der Waals surface area contributed by atoms with Gasteiger partial charge in [-0.05, 0) is 29.5 Å². The highest BCUT2D eigenvalue weighted by molar-refractivity contribution is 5.82. The van der Waals surface area contributed by atoms with Gasteiger partial charge in [0, 0.05) is 18.3 Å². The summed E-state index contributed by atoms with van der Waals surface area (Å²) in [5.74, 6) is -0.191. The van der Waals surface area contributed by atoms with Crippen LogP contribution < -0.4 is 5.73 Å². The molecule has 0 aliphatic rings. The first-order chi connectivity index (χ1) is 9.24. The summed E-state index contributed by atoms with van der Waals surface area (Å²) in [4.78, 5) is 11.7. The van der Waals surface area contributed by atoms with Crippen LogP contribution in [-0.2, 0) is 22.6 Å². The Kier molecular flexibility index (Phi) is 4.58. The van der Waals surface area contributed by atoms with Crippen molar-refractivity contribution in [3.63, 3.8) is 0 Å². The van der Waals surface area contributed by atoms with Gasteiger partial charge in [-0.2, -0.15) is 0 Å². The zero-order valence-electron chi connectivity index (χ0n) is 11.3. The number of hydrogen-bond donors (Lipinski definition) is 1. The van der Waals surface area contributed by atoms with Crippen molar-refractivity contribution < 1.29 is 9.53 Å². The number of nitrogens with two attached hydrogens (primary N) is 1. The molecular formula is C15H20N2O2. The predicted octanol–water partition coefficient (Wildman–Crippen LogP) is 2.44. The maximum absolute atomic E-state index is 11.7. The highest BCUT2D eigenvalue weighted by atomic mass is 16.5. The van der Waals surface area contributed by atoms with E-state index in [2.05, 4.69) is 6.92 Å². The van der Waals surface area contributed by atoms with Crippen LogP contribution in [0, 0.1) is 0 Å². The maximum atomic E-state index is 11.7. The summed E-state index contributed by atoms with van der Waals surface area (Å²) in [5.41, 5.74) is 7.73. The van der Waals surface area contributed by atoms with Crippen molar-refractivity contribution in [2.24, 2.45) is 5.73 Å². The topological polar surface area (TPSA) is 57.2 Å². The summed E-state index contributed by atoms with van der Waals surface area (Å²) in [6.07, 6.45) is 3.85. The largest absolute Gasteiger partial charge is 0.464 e. The summed E-state index contributed by atoms with van der Waals surface area (Å²) in [7, 11) is 0. The quantitative estimate of drug-likeness (QED) is 0.641. The van der Waals surface area contributed by atoms with Crippen LogP contribution in [0.15, 0.2) is 30.5 Å². The van der Waals surface area contributed by atoms with Crippen LogP contribution in [0.4, 0.5) is 0 Å². The molecule has 1 aromatic heterocycles. The van der Waals surface area contributed by atoms with Crippen molar-refractivity contribution in [2.75, 3.05) is 6.61 Å². The highest BCUT2D eigenvalue weighted by Crippen LogP contribution is 2.17. The average molecular weight is 260 g/mol. The maximum Gasteiger partial charge on any atom is 0.325 e. The number of carbonyl (C=O) groups is 1. The minimum atomic E-state index is -0.191. The van der Waals surface area contributed by atoms with Gasteiger partial charge in [-0.1, -0.05) is 25.5 Å².